The zero-order valence-corrected chi connectivity index (χ0v) is 8.92. The van der Waals surface area contributed by atoms with Crippen molar-refractivity contribution in [2.75, 3.05) is 0 Å². The Labute approximate surface area is 92.8 Å². The van der Waals surface area contributed by atoms with Crippen molar-refractivity contribution in [2.45, 2.75) is 13.1 Å². The maximum absolute atomic E-state index is 12.3. The van der Waals surface area contributed by atoms with Crippen LogP contribution in [-0.4, -0.2) is 14.9 Å². The molecule has 0 aliphatic heterocycles. The SMILES string of the molecule is Cc1[nH]n(C)c(=O)c1-c1cc(C(F)(F)F)no1. The van der Waals surface area contributed by atoms with Crippen molar-refractivity contribution in [3.8, 4) is 11.3 Å². The summed E-state index contributed by atoms with van der Waals surface area (Å²) in [6.45, 7) is 1.56. The third kappa shape index (κ3) is 1.85. The second kappa shape index (κ2) is 3.51. The molecule has 0 atom stereocenters. The molecule has 0 radical (unpaired) electrons. The third-order valence-electron chi connectivity index (χ3n) is 2.28. The van der Waals surface area contributed by atoms with Gasteiger partial charge >= 0.3 is 6.18 Å². The lowest BCUT2D eigenvalue weighted by molar-refractivity contribution is -0.142. The van der Waals surface area contributed by atoms with Crippen LogP contribution in [0.1, 0.15) is 11.4 Å². The summed E-state index contributed by atoms with van der Waals surface area (Å²) in [4.78, 5) is 11.6. The lowest BCUT2D eigenvalue weighted by Crippen LogP contribution is -2.12. The average Bonchev–Trinajstić information content (AvgIpc) is 2.73. The van der Waals surface area contributed by atoms with E-state index in [1.165, 1.54) is 7.05 Å². The van der Waals surface area contributed by atoms with Crippen LogP contribution in [0.2, 0.25) is 0 Å². The van der Waals surface area contributed by atoms with Crippen LogP contribution in [0.3, 0.4) is 0 Å². The molecule has 1 N–H and O–H groups in total. The van der Waals surface area contributed by atoms with E-state index in [9.17, 15) is 18.0 Å². The number of nitrogens with one attached hydrogen (secondary N) is 1. The number of aromatic nitrogens is 3. The highest BCUT2D eigenvalue weighted by atomic mass is 19.4. The first-order valence-electron chi connectivity index (χ1n) is 4.60. The van der Waals surface area contributed by atoms with Gasteiger partial charge in [0.1, 0.15) is 5.56 Å². The molecule has 2 heterocycles. The molecular weight excluding hydrogens is 239 g/mol. The fraction of sp³-hybridized carbons (Fsp3) is 0.333. The molecular formula is C9H8F3N3O2. The summed E-state index contributed by atoms with van der Waals surface area (Å²) in [5.41, 5.74) is -1.15. The van der Waals surface area contributed by atoms with Crippen LogP contribution >= 0.6 is 0 Å². The summed E-state index contributed by atoms with van der Waals surface area (Å²) in [7, 11) is 1.46. The zero-order chi connectivity index (χ0) is 12.8. The number of hydrogen-bond donors (Lipinski definition) is 1. The van der Waals surface area contributed by atoms with Crippen molar-refractivity contribution in [1.29, 1.82) is 0 Å². The number of hydrogen-bond acceptors (Lipinski definition) is 3. The Morgan fingerprint density at radius 2 is 2.12 bits per heavy atom. The fourth-order valence-electron chi connectivity index (χ4n) is 1.50. The predicted molar refractivity (Wildman–Crippen MR) is 51.3 cm³/mol. The number of alkyl halides is 3. The van der Waals surface area contributed by atoms with Crippen LogP contribution in [-0.2, 0) is 13.2 Å². The van der Waals surface area contributed by atoms with E-state index >= 15 is 0 Å². The molecule has 2 aromatic heterocycles. The molecule has 2 rings (SSSR count). The summed E-state index contributed by atoms with van der Waals surface area (Å²) < 4.78 is 42.6. The van der Waals surface area contributed by atoms with E-state index < -0.39 is 17.4 Å². The monoisotopic (exact) mass is 247 g/mol. The van der Waals surface area contributed by atoms with Gasteiger partial charge in [-0.2, -0.15) is 13.2 Å². The first kappa shape index (κ1) is 11.5. The highest BCUT2D eigenvalue weighted by Crippen LogP contribution is 2.31. The Balaban J connectivity index is 2.55. The molecule has 0 unspecified atom stereocenters. The van der Waals surface area contributed by atoms with Gasteiger partial charge in [-0.15, -0.1) is 0 Å². The number of halogens is 3. The van der Waals surface area contributed by atoms with Crippen LogP contribution < -0.4 is 5.56 Å². The van der Waals surface area contributed by atoms with E-state index in [0.29, 0.717) is 11.8 Å². The summed E-state index contributed by atoms with van der Waals surface area (Å²) in [6.07, 6.45) is -4.59. The van der Waals surface area contributed by atoms with Gasteiger partial charge in [0.15, 0.2) is 11.5 Å². The maximum atomic E-state index is 12.3. The number of rotatable bonds is 1. The van der Waals surface area contributed by atoms with E-state index in [-0.39, 0.29) is 11.3 Å². The highest BCUT2D eigenvalue weighted by Gasteiger charge is 2.35. The van der Waals surface area contributed by atoms with Crippen molar-refractivity contribution < 1.29 is 17.7 Å². The Morgan fingerprint density at radius 1 is 1.47 bits per heavy atom. The van der Waals surface area contributed by atoms with Crippen molar-refractivity contribution >= 4 is 0 Å². The summed E-state index contributed by atoms with van der Waals surface area (Å²) >= 11 is 0. The average molecular weight is 247 g/mol. The number of aromatic amines is 1. The van der Waals surface area contributed by atoms with Gasteiger partial charge in [0.2, 0.25) is 0 Å². The summed E-state index contributed by atoms with van der Waals surface area (Å²) in [5.74, 6) is -0.198. The molecule has 0 saturated heterocycles. The molecule has 0 aromatic carbocycles. The molecule has 0 fully saturated rings. The Hall–Kier alpha value is -1.99. The molecule has 0 saturated carbocycles. The minimum absolute atomic E-state index is 0.0514. The number of aryl methyl sites for hydroxylation is 2. The van der Waals surface area contributed by atoms with Crippen LogP contribution in [0.4, 0.5) is 13.2 Å². The van der Waals surface area contributed by atoms with Gasteiger partial charge < -0.3 is 4.52 Å². The van der Waals surface area contributed by atoms with E-state index in [2.05, 4.69) is 14.8 Å². The zero-order valence-electron chi connectivity index (χ0n) is 8.92. The van der Waals surface area contributed by atoms with E-state index in [0.717, 1.165) is 4.68 Å². The molecule has 8 heteroatoms. The predicted octanol–water partition coefficient (Wildman–Crippen LogP) is 1.70. The Bertz CT molecular complexity index is 606. The van der Waals surface area contributed by atoms with E-state index in [1.807, 2.05) is 0 Å². The first-order chi connectivity index (χ1) is 7.80. The Morgan fingerprint density at radius 3 is 2.53 bits per heavy atom. The van der Waals surface area contributed by atoms with Crippen molar-refractivity contribution in [1.82, 2.24) is 14.9 Å². The van der Waals surface area contributed by atoms with Crippen molar-refractivity contribution in [3.05, 3.63) is 27.8 Å². The molecule has 92 valence electrons. The smallest absolute Gasteiger partial charge is 0.355 e. The maximum Gasteiger partial charge on any atom is 0.436 e. The molecule has 0 bridgehead atoms. The second-order valence-electron chi connectivity index (χ2n) is 3.55. The lowest BCUT2D eigenvalue weighted by Gasteiger charge is -1.97. The minimum atomic E-state index is -4.59. The van der Waals surface area contributed by atoms with Gasteiger partial charge in [0.05, 0.1) is 0 Å². The van der Waals surface area contributed by atoms with Gasteiger partial charge in [0.25, 0.3) is 5.56 Å². The van der Waals surface area contributed by atoms with Gasteiger partial charge in [-0.05, 0) is 6.92 Å². The standard InChI is InChI=1S/C9H8F3N3O2/c1-4-7(8(16)15(2)13-4)5-3-6(14-17-5)9(10,11)12/h3,13H,1-2H3. The molecule has 0 spiro atoms. The second-order valence-corrected chi connectivity index (χ2v) is 3.55. The molecule has 0 aliphatic carbocycles. The Kier molecular flexibility index (Phi) is 2.37. The topological polar surface area (TPSA) is 63.8 Å². The summed E-state index contributed by atoms with van der Waals surface area (Å²) in [5, 5.41) is 5.55. The number of H-pyrrole nitrogens is 1. The van der Waals surface area contributed by atoms with Crippen LogP contribution in [0.25, 0.3) is 11.3 Å². The highest BCUT2D eigenvalue weighted by molar-refractivity contribution is 5.59. The van der Waals surface area contributed by atoms with Gasteiger partial charge in [-0.3, -0.25) is 14.6 Å². The van der Waals surface area contributed by atoms with E-state index in [4.69, 9.17) is 0 Å². The normalized spacial score (nSPS) is 12.1. The lowest BCUT2D eigenvalue weighted by atomic mass is 10.2. The first-order valence-corrected chi connectivity index (χ1v) is 4.60. The van der Waals surface area contributed by atoms with Crippen LogP contribution in [0.5, 0.6) is 0 Å². The molecule has 5 nitrogen and oxygen atoms in total. The van der Waals surface area contributed by atoms with E-state index in [1.54, 1.807) is 6.92 Å². The molecule has 2 aromatic rings. The van der Waals surface area contributed by atoms with Gasteiger partial charge in [-0.1, -0.05) is 5.16 Å². The van der Waals surface area contributed by atoms with Crippen LogP contribution in [0, 0.1) is 6.92 Å². The fourth-order valence-corrected chi connectivity index (χ4v) is 1.50. The van der Waals surface area contributed by atoms with Crippen molar-refractivity contribution in [2.24, 2.45) is 7.05 Å². The number of nitrogens with zero attached hydrogens (tertiary/aromatic N) is 2. The molecule has 0 amide bonds. The quantitative estimate of drug-likeness (QED) is 0.834. The third-order valence-corrected chi connectivity index (χ3v) is 2.28. The van der Waals surface area contributed by atoms with Gasteiger partial charge in [-0.25, -0.2) is 0 Å². The van der Waals surface area contributed by atoms with Gasteiger partial charge in [0, 0.05) is 18.8 Å². The molecule has 17 heavy (non-hydrogen) atoms. The van der Waals surface area contributed by atoms with Crippen molar-refractivity contribution in [3.63, 3.8) is 0 Å². The largest absolute Gasteiger partial charge is 0.436 e. The molecule has 0 aliphatic rings. The minimum Gasteiger partial charge on any atom is -0.355 e. The van der Waals surface area contributed by atoms with Crippen LogP contribution in [0.15, 0.2) is 15.4 Å². The summed E-state index contributed by atoms with van der Waals surface area (Å²) in [6, 6.07) is 0.706.